The van der Waals surface area contributed by atoms with Gasteiger partial charge in [0.1, 0.15) is 11.7 Å². The van der Waals surface area contributed by atoms with Gasteiger partial charge in [-0.2, -0.15) is 0 Å². The molecule has 0 aromatic carbocycles. The molecule has 0 spiro atoms. The quantitative estimate of drug-likeness (QED) is 0.0132. The van der Waals surface area contributed by atoms with E-state index in [2.05, 4.69) is 111 Å². The Labute approximate surface area is 451 Å². The van der Waals surface area contributed by atoms with Gasteiger partial charge >= 0.3 is 17.1 Å². The molecule has 20 nitrogen and oxygen atoms in total. The summed E-state index contributed by atoms with van der Waals surface area (Å²) in [5.74, 6) is -0.264. The standard InChI is InChI=1S/C22H45N4O6P.C22H47N2O8P.5CH4/c1-6-23-17-31-33(26(18(2)3)19(4)5)32-20(15-24-21(29)11-7-9-13-27)16-25-22(30)12-8-10-14-28;1-6-23-19-31-33(24(20(2)3)21(4)5)32-22(16-28-13-7-10-25,17-29-14-8-11-26)18-30-15-9-12-27;;;;;/h17-20,27-28H,6-16H2,1-5H3,(H,24,29)(H,25,30);19-21,25-27H,6-18H2,1-5H3;5*1H4/i27D,28D;25D,26D,27D;5*1T. The molecule has 2 amide bonds. The zero-order valence-corrected chi connectivity index (χ0v) is 48.7. The number of hydrogen-bond acceptors (Lipinski definition) is 18. The lowest BCUT2D eigenvalue weighted by Crippen LogP contribution is -2.48. The molecule has 0 heterocycles. The number of nitrogens with one attached hydrogen (secondary N) is 2. The molecule has 0 rings (SSSR count). The third kappa shape index (κ3) is 44.3. The molecule has 0 aliphatic rings. The molecule has 71 heavy (non-hydrogen) atoms. The summed E-state index contributed by atoms with van der Waals surface area (Å²) in [4.78, 5) is 32.9. The Bertz CT molecular complexity index is 1240. The summed E-state index contributed by atoms with van der Waals surface area (Å²) < 4.78 is 110. The van der Waals surface area contributed by atoms with E-state index in [4.69, 9.17) is 46.3 Å². The largest absolute Gasteiger partial charge is 0.425 e. The first kappa shape index (κ1) is 61.8. The van der Waals surface area contributed by atoms with Crippen LogP contribution in [-0.2, 0) is 41.9 Å². The third-order valence-electron chi connectivity index (χ3n) is 8.84. The van der Waals surface area contributed by atoms with Crippen LogP contribution in [-0.4, -0.2) is 201 Å². The fourth-order valence-electron chi connectivity index (χ4n) is 5.81. The maximum Gasteiger partial charge on any atom is 0.323 e. The van der Waals surface area contributed by atoms with Gasteiger partial charge < -0.3 is 64.0 Å². The van der Waals surface area contributed by atoms with Crippen LogP contribution in [0.4, 0.5) is 0 Å². The SMILES string of the molecule is [2H]OCCCCC(=O)NCC(CNC(=O)CCCCO[2H])OP(OC=NCC)N(C(C)C)C(C)C.[2H]OCCCOCC(COCCCO[2H])(COCCCO[2H])OP(OC=NCC)N(C(C)C)C(C)C.[3H]C.[3H]C.[3H]C.[3H]C.[3H]C. The van der Waals surface area contributed by atoms with Crippen molar-refractivity contribution in [2.45, 2.75) is 200 Å². The summed E-state index contributed by atoms with van der Waals surface area (Å²) >= 11 is 0. The van der Waals surface area contributed by atoms with Gasteiger partial charge in [0, 0.05) is 123 Å². The highest BCUT2D eigenvalue weighted by Gasteiger charge is 2.41. The Kier molecular flexibility index (Phi) is 48.7. The van der Waals surface area contributed by atoms with Crippen LogP contribution in [0.3, 0.4) is 0 Å². The zero-order valence-electron chi connectivity index (χ0n) is 56.9. The number of rotatable bonds is 48. The second-order valence-electron chi connectivity index (χ2n) is 16.3. The normalized spacial score (nSPS) is 13.7. The first-order chi connectivity index (χ1) is 39.1. The summed E-state index contributed by atoms with van der Waals surface area (Å²) in [6.45, 7) is 24.9. The van der Waals surface area contributed by atoms with Crippen LogP contribution in [0.15, 0.2) is 9.98 Å². The van der Waals surface area contributed by atoms with E-state index < -0.39 is 28.8 Å². The lowest BCUT2D eigenvalue weighted by atomic mass is 10.1. The van der Waals surface area contributed by atoms with Crippen molar-refractivity contribution >= 4 is 41.7 Å². The van der Waals surface area contributed by atoms with Crippen LogP contribution >= 0.6 is 17.1 Å². The van der Waals surface area contributed by atoms with Crippen molar-refractivity contribution in [3.63, 3.8) is 0 Å². The van der Waals surface area contributed by atoms with Crippen molar-refractivity contribution in [2.24, 2.45) is 9.98 Å². The van der Waals surface area contributed by atoms with Crippen LogP contribution in [0.1, 0.15) is 171 Å². The van der Waals surface area contributed by atoms with Gasteiger partial charge in [0.05, 0.1) is 19.8 Å². The predicted octanol–water partition coefficient (Wildman–Crippen LogP) is 7.87. The van der Waals surface area contributed by atoms with Crippen LogP contribution < -0.4 is 10.6 Å². The van der Waals surface area contributed by atoms with Gasteiger partial charge in [-0.3, -0.25) is 24.1 Å². The molecular weight excluding hydrogens is 959 g/mol. The molecule has 0 aliphatic carbocycles. The Hall–Kier alpha value is -1.74. The molecular formula is C49H112N6O14P2. The fraction of sp³-hybridized carbons (Fsp3) is 0.918. The summed E-state index contributed by atoms with van der Waals surface area (Å²) in [6, 6.07) is 0.535. The molecule has 0 bridgehead atoms. The minimum Gasteiger partial charge on any atom is -0.425 e. The average Bonchev–Trinajstić information content (AvgIpc) is 3.46. The summed E-state index contributed by atoms with van der Waals surface area (Å²) in [7, 11) is 3.10. The van der Waals surface area contributed by atoms with Crippen LogP contribution in [0.5, 0.6) is 0 Å². The second kappa shape index (κ2) is 56.0. The predicted molar refractivity (Wildman–Crippen MR) is 296 cm³/mol. The molecule has 0 saturated heterocycles. The third-order valence-corrected chi connectivity index (χ3v) is 13.0. The van der Waals surface area contributed by atoms with E-state index in [-0.39, 0.29) is 88.7 Å². The van der Waals surface area contributed by atoms with Crippen LogP contribution in [0, 0.1) is 0 Å². The van der Waals surface area contributed by atoms with Crippen molar-refractivity contribution in [1.29, 1.82) is 7.16 Å². The van der Waals surface area contributed by atoms with Crippen LogP contribution in [0.25, 0.3) is 0 Å². The first-order valence-corrected chi connectivity index (χ1v) is 25.9. The molecule has 0 saturated carbocycles. The van der Waals surface area contributed by atoms with Crippen molar-refractivity contribution in [1.82, 2.24) is 20.0 Å². The minimum absolute atomic E-state index is 0.129. The number of unbranched alkanes of at least 4 members (excludes halogenated alkanes) is 2. The number of amides is 2. The van der Waals surface area contributed by atoms with E-state index in [1.807, 2.05) is 13.8 Å². The van der Waals surface area contributed by atoms with Gasteiger partial charge in [0.2, 0.25) is 19.0 Å². The lowest BCUT2D eigenvalue weighted by Gasteiger charge is -2.41. The average molecular weight is 1090 g/mol. The highest BCUT2D eigenvalue weighted by Crippen LogP contribution is 2.49. The number of aliphatic hydroxyl groups excluding tert-OH is 5. The molecule has 0 aromatic heterocycles. The zero-order chi connectivity index (χ0) is 63.5. The maximum atomic E-state index is 12.3. The van der Waals surface area contributed by atoms with Gasteiger partial charge in [-0.25, -0.2) is 9.34 Å². The van der Waals surface area contributed by atoms with E-state index in [0.717, 1.165) is 0 Å². The number of ether oxygens (including phenoxy) is 3. The van der Waals surface area contributed by atoms with E-state index in [0.29, 0.717) is 104 Å². The van der Waals surface area contributed by atoms with Crippen molar-refractivity contribution in [2.75, 3.05) is 98.9 Å². The summed E-state index contributed by atoms with van der Waals surface area (Å²) in [5.41, 5.74) is -1.01. The Morgan fingerprint density at radius 1 is 0.592 bits per heavy atom. The molecule has 7 N–H and O–H groups in total. The van der Waals surface area contributed by atoms with Gasteiger partial charge in [-0.1, -0.05) is 37.0 Å². The molecule has 432 valence electrons. The van der Waals surface area contributed by atoms with Crippen molar-refractivity contribution in [3.8, 4) is 0 Å². The molecule has 0 aliphatic heterocycles. The van der Waals surface area contributed by atoms with Gasteiger partial charge in [0.25, 0.3) is 0 Å². The molecule has 22 heteroatoms. The van der Waals surface area contributed by atoms with E-state index in [9.17, 15) is 9.59 Å². The number of carbonyl (C=O) groups is 2. The van der Waals surface area contributed by atoms with E-state index >= 15 is 0 Å². The Balaban J connectivity index is -0.000000234. The lowest BCUT2D eigenvalue weighted by molar-refractivity contribution is -0.122. The Morgan fingerprint density at radius 2 is 0.930 bits per heavy atom. The Morgan fingerprint density at radius 3 is 1.27 bits per heavy atom. The molecule has 2 unspecified atom stereocenters. The minimum atomic E-state index is -1.61. The van der Waals surface area contributed by atoms with Crippen molar-refractivity contribution in [3.05, 3.63) is 0 Å². The van der Waals surface area contributed by atoms with Crippen molar-refractivity contribution < 1.29 is 74.3 Å². The van der Waals surface area contributed by atoms with Gasteiger partial charge in [-0.05, 0) is 114 Å². The molecule has 0 radical (unpaired) electrons. The smallest absolute Gasteiger partial charge is 0.323 e. The molecule has 2 atom stereocenters. The number of nitrogens with zero attached hydrogens (tertiary/aromatic N) is 4. The first-order valence-electron chi connectivity index (χ1n) is 30.7. The van der Waals surface area contributed by atoms with Gasteiger partial charge in [-0.15, -0.1) is 0 Å². The monoisotopic (exact) mass is 1090 g/mol. The maximum absolute atomic E-state index is 12.3. The number of aliphatic hydroxyl groups is 5. The topological polar surface area (TPSA) is 255 Å². The fourth-order valence-corrected chi connectivity index (χ4v) is 9.02. The summed E-state index contributed by atoms with van der Waals surface area (Å²) in [6.07, 6.45) is 7.12. The van der Waals surface area contributed by atoms with E-state index in [1.165, 1.54) is 49.8 Å². The number of carbonyl (C=O) groups excluding carboxylic acids is 2. The van der Waals surface area contributed by atoms with E-state index in [1.54, 1.807) is 0 Å². The second-order valence-corrected chi connectivity index (χ2v) is 19.0. The molecule has 0 aromatic rings. The highest BCUT2D eigenvalue weighted by atomic mass is 31.2. The number of hydrogen-bond donors (Lipinski definition) is 7. The van der Waals surface area contributed by atoms with Crippen LogP contribution in [0.2, 0.25) is 0 Å². The highest BCUT2D eigenvalue weighted by molar-refractivity contribution is 7.45. The molecule has 0 fully saturated rings. The van der Waals surface area contributed by atoms with Gasteiger partial charge in [0.15, 0.2) is 12.8 Å². The summed E-state index contributed by atoms with van der Waals surface area (Å²) in [5, 5.41) is 27.4. The number of aliphatic imine (C=N–C) groups is 2.